The average Bonchev–Trinajstić information content (AvgIpc) is 2.45. The van der Waals surface area contributed by atoms with Gasteiger partial charge in [0.2, 0.25) is 5.91 Å². The van der Waals surface area contributed by atoms with Crippen LogP contribution in [0.4, 0.5) is 11.4 Å². The summed E-state index contributed by atoms with van der Waals surface area (Å²) in [5.74, 6) is -0.190. The summed E-state index contributed by atoms with van der Waals surface area (Å²) in [5, 5.41) is 15.2. The molecule has 2 N–H and O–H groups in total. The second-order valence-electron chi connectivity index (χ2n) is 4.57. The highest BCUT2D eigenvalue weighted by molar-refractivity contribution is 6.30. The van der Waals surface area contributed by atoms with Gasteiger partial charge in [0.15, 0.2) is 0 Å². The van der Waals surface area contributed by atoms with Gasteiger partial charge in [-0.25, -0.2) is 0 Å². The van der Waals surface area contributed by atoms with Gasteiger partial charge in [-0.3, -0.25) is 4.79 Å². The number of aryl methyl sites for hydroxylation is 1. The van der Waals surface area contributed by atoms with Crippen molar-refractivity contribution in [2.24, 2.45) is 0 Å². The summed E-state index contributed by atoms with van der Waals surface area (Å²) in [6, 6.07) is 14.5. The molecule has 0 heterocycles. The largest absolute Gasteiger partial charge is 0.375 e. The van der Waals surface area contributed by atoms with E-state index in [9.17, 15) is 4.79 Å². The van der Waals surface area contributed by atoms with E-state index in [4.69, 9.17) is 16.9 Å². The first-order valence-electron chi connectivity index (χ1n) is 6.38. The molecule has 0 aliphatic rings. The molecule has 0 saturated carbocycles. The molecular formula is C16H14ClN3O. The molecule has 0 spiro atoms. The molecule has 1 amide bonds. The molecule has 0 unspecified atom stereocenters. The third-order valence-corrected chi connectivity index (χ3v) is 3.08. The molecule has 2 rings (SSSR count). The van der Waals surface area contributed by atoms with Crippen molar-refractivity contribution in [3.63, 3.8) is 0 Å². The fourth-order valence-electron chi connectivity index (χ4n) is 1.86. The van der Waals surface area contributed by atoms with Gasteiger partial charge in [-0.05, 0) is 42.8 Å². The highest BCUT2D eigenvalue weighted by Crippen LogP contribution is 2.20. The number of nitriles is 1. The Morgan fingerprint density at radius 3 is 2.81 bits per heavy atom. The molecule has 5 heteroatoms. The maximum atomic E-state index is 11.9. The molecule has 0 atom stereocenters. The van der Waals surface area contributed by atoms with Crippen LogP contribution in [0.3, 0.4) is 0 Å². The van der Waals surface area contributed by atoms with Crippen molar-refractivity contribution in [3.05, 3.63) is 58.6 Å². The fraction of sp³-hybridized carbons (Fsp3) is 0.125. The van der Waals surface area contributed by atoms with Gasteiger partial charge < -0.3 is 10.6 Å². The lowest BCUT2D eigenvalue weighted by Gasteiger charge is -2.09. The molecule has 21 heavy (non-hydrogen) atoms. The van der Waals surface area contributed by atoms with Crippen molar-refractivity contribution in [3.8, 4) is 6.07 Å². The smallest absolute Gasteiger partial charge is 0.243 e. The molecular weight excluding hydrogens is 286 g/mol. The van der Waals surface area contributed by atoms with Crippen molar-refractivity contribution in [2.45, 2.75) is 6.92 Å². The van der Waals surface area contributed by atoms with Gasteiger partial charge in [0.1, 0.15) is 6.07 Å². The van der Waals surface area contributed by atoms with Gasteiger partial charge in [-0.1, -0.05) is 23.7 Å². The molecule has 0 aliphatic heterocycles. The highest BCUT2D eigenvalue weighted by atomic mass is 35.5. The monoisotopic (exact) mass is 299 g/mol. The summed E-state index contributed by atoms with van der Waals surface area (Å²) >= 11 is 5.89. The fourth-order valence-corrected chi connectivity index (χ4v) is 2.04. The Balaban J connectivity index is 1.99. The van der Waals surface area contributed by atoms with E-state index in [-0.39, 0.29) is 12.5 Å². The molecule has 0 aliphatic carbocycles. The number of anilines is 2. The SMILES string of the molecule is Cc1cccc(NC(=O)CNc2cc(Cl)ccc2C#N)c1. The van der Waals surface area contributed by atoms with Crippen LogP contribution in [0.15, 0.2) is 42.5 Å². The quantitative estimate of drug-likeness (QED) is 0.907. The summed E-state index contributed by atoms with van der Waals surface area (Å²) < 4.78 is 0. The van der Waals surface area contributed by atoms with E-state index in [1.165, 1.54) is 0 Å². The predicted octanol–water partition coefficient (Wildman–Crippen LogP) is 3.57. The topological polar surface area (TPSA) is 64.9 Å². The zero-order valence-corrected chi connectivity index (χ0v) is 12.2. The van der Waals surface area contributed by atoms with E-state index in [0.29, 0.717) is 16.3 Å². The Bertz CT molecular complexity index is 707. The number of carbonyl (C=O) groups is 1. The minimum atomic E-state index is -0.190. The number of halogens is 1. The van der Waals surface area contributed by atoms with Crippen LogP contribution in [0.5, 0.6) is 0 Å². The Morgan fingerprint density at radius 1 is 1.29 bits per heavy atom. The Morgan fingerprint density at radius 2 is 2.10 bits per heavy atom. The zero-order valence-electron chi connectivity index (χ0n) is 11.5. The number of benzene rings is 2. The lowest BCUT2D eigenvalue weighted by molar-refractivity contribution is -0.114. The highest BCUT2D eigenvalue weighted by Gasteiger charge is 2.06. The van der Waals surface area contributed by atoms with Crippen molar-refractivity contribution in [1.29, 1.82) is 5.26 Å². The number of amides is 1. The van der Waals surface area contributed by atoms with Crippen molar-refractivity contribution in [2.75, 3.05) is 17.2 Å². The van der Waals surface area contributed by atoms with Gasteiger partial charge >= 0.3 is 0 Å². The van der Waals surface area contributed by atoms with Crippen molar-refractivity contribution in [1.82, 2.24) is 0 Å². The number of hydrogen-bond donors (Lipinski definition) is 2. The summed E-state index contributed by atoms with van der Waals surface area (Å²) in [4.78, 5) is 11.9. The van der Waals surface area contributed by atoms with Crippen molar-refractivity contribution >= 4 is 28.9 Å². The Kier molecular flexibility index (Phi) is 4.81. The number of rotatable bonds is 4. The number of hydrogen-bond acceptors (Lipinski definition) is 3. The summed E-state index contributed by atoms with van der Waals surface area (Å²) in [6.45, 7) is 2.02. The van der Waals surface area contributed by atoms with Crippen molar-refractivity contribution < 1.29 is 4.79 Å². The lowest BCUT2D eigenvalue weighted by atomic mass is 10.2. The number of nitrogens with one attached hydrogen (secondary N) is 2. The van der Waals surface area contributed by atoms with Crippen LogP contribution in [-0.4, -0.2) is 12.5 Å². The van der Waals surface area contributed by atoms with Crippen LogP contribution >= 0.6 is 11.6 Å². The van der Waals surface area contributed by atoms with E-state index < -0.39 is 0 Å². The Hall–Kier alpha value is -2.51. The third-order valence-electron chi connectivity index (χ3n) is 2.84. The minimum absolute atomic E-state index is 0.0585. The minimum Gasteiger partial charge on any atom is -0.375 e. The van der Waals surface area contributed by atoms with Crippen LogP contribution in [0.2, 0.25) is 5.02 Å². The molecule has 0 fully saturated rings. The number of nitrogens with zero attached hydrogens (tertiary/aromatic N) is 1. The molecule has 2 aromatic carbocycles. The van der Waals surface area contributed by atoms with E-state index in [0.717, 1.165) is 11.3 Å². The standard InChI is InChI=1S/C16H14ClN3O/c1-11-3-2-4-14(7-11)20-16(21)10-19-15-8-13(17)6-5-12(15)9-18/h2-8,19H,10H2,1H3,(H,20,21). The molecule has 106 valence electrons. The van der Waals surface area contributed by atoms with Crippen LogP contribution in [-0.2, 0) is 4.79 Å². The molecule has 0 radical (unpaired) electrons. The first-order chi connectivity index (χ1) is 10.1. The Labute approximate surface area is 128 Å². The molecule has 0 aromatic heterocycles. The van der Waals surface area contributed by atoms with Gasteiger partial charge in [0, 0.05) is 10.7 Å². The number of carbonyl (C=O) groups excluding carboxylic acids is 1. The summed E-state index contributed by atoms with van der Waals surface area (Å²) in [5.41, 5.74) is 2.81. The van der Waals surface area contributed by atoms with E-state index in [2.05, 4.69) is 16.7 Å². The first-order valence-corrected chi connectivity index (χ1v) is 6.76. The molecule has 4 nitrogen and oxygen atoms in total. The van der Waals surface area contributed by atoms with Crippen LogP contribution in [0, 0.1) is 18.3 Å². The lowest BCUT2D eigenvalue weighted by Crippen LogP contribution is -2.22. The van der Waals surface area contributed by atoms with E-state index in [1.54, 1.807) is 18.2 Å². The molecule has 2 aromatic rings. The maximum Gasteiger partial charge on any atom is 0.243 e. The maximum absolute atomic E-state index is 11.9. The molecule has 0 bridgehead atoms. The van der Waals surface area contributed by atoms with Crippen LogP contribution in [0.25, 0.3) is 0 Å². The molecule has 0 saturated heterocycles. The van der Waals surface area contributed by atoms with Crippen LogP contribution in [0.1, 0.15) is 11.1 Å². The van der Waals surface area contributed by atoms with E-state index in [1.807, 2.05) is 31.2 Å². The second kappa shape index (κ2) is 6.78. The van der Waals surface area contributed by atoms with Gasteiger partial charge in [0.25, 0.3) is 0 Å². The van der Waals surface area contributed by atoms with Gasteiger partial charge in [-0.15, -0.1) is 0 Å². The summed E-state index contributed by atoms with van der Waals surface area (Å²) in [7, 11) is 0. The average molecular weight is 300 g/mol. The van der Waals surface area contributed by atoms with Gasteiger partial charge in [-0.2, -0.15) is 5.26 Å². The van der Waals surface area contributed by atoms with E-state index >= 15 is 0 Å². The normalized spacial score (nSPS) is 9.76. The predicted molar refractivity (Wildman–Crippen MR) is 84.5 cm³/mol. The first kappa shape index (κ1) is 14.9. The third kappa shape index (κ3) is 4.23. The van der Waals surface area contributed by atoms with Crippen LogP contribution < -0.4 is 10.6 Å². The second-order valence-corrected chi connectivity index (χ2v) is 5.01. The zero-order chi connectivity index (χ0) is 15.2. The van der Waals surface area contributed by atoms with Gasteiger partial charge in [0.05, 0.1) is 17.8 Å². The summed E-state index contributed by atoms with van der Waals surface area (Å²) in [6.07, 6.45) is 0.